The van der Waals surface area contributed by atoms with Gasteiger partial charge < -0.3 is 14.6 Å². The molecule has 0 spiro atoms. The van der Waals surface area contributed by atoms with Gasteiger partial charge in [0.1, 0.15) is 11.6 Å². The molecule has 9 unspecified atom stereocenters. The fourth-order valence-electron chi connectivity index (χ4n) is 8.39. The van der Waals surface area contributed by atoms with Gasteiger partial charge in [0.15, 0.2) is 0 Å². The maximum Gasteiger partial charge on any atom is 0.136 e. The van der Waals surface area contributed by atoms with Gasteiger partial charge in [-0.3, -0.25) is 4.79 Å². The number of aliphatic hydroxyl groups is 1. The van der Waals surface area contributed by atoms with Crippen LogP contribution in [0.2, 0.25) is 0 Å². The first-order chi connectivity index (χ1) is 14.4. The fourth-order valence-corrected chi connectivity index (χ4v) is 8.39. The van der Waals surface area contributed by atoms with Crippen molar-refractivity contribution in [3.8, 4) is 0 Å². The number of carbonyl (C=O) groups is 2. The summed E-state index contributed by atoms with van der Waals surface area (Å²) in [5, 5.41) is 10.4. The molecule has 0 bridgehead atoms. The largest absolute Gasteiger partial charge is 0.388 e. The van der Waals surface area contributed by atoms with Crippen molar-refractivity contribution in [3.63, 3.8) is 0 Å². The smallest absolute Gasteiger partial charge is 0.136 e. The highest BCUT2D eigenvalue weighted by Crippen LogP contribution is 2.67. The maximum absolute atomic E-state index is 13.7. The van der Waals surface area contributed by atoms with Gasteiger partial charge >= 0.3 is 0 Å². The van der Waals surface area contributed by atoms with Gasteiger partial charge in [-0.15, -0.1) is 0 Å². The van der Waals surface area contributed by atoms with E-state index in [0.717, 1.165) is 32.1 Å². The van der Waals surface area contributed by atoms with E-state index in [4.69, 9.17) is 4.74 Å². The molecule has 4 aliphatic rings. The van der Waals surface area contributed by atoms with Crippen molar-refractivity contribution in [3.05, 3.63) is 0 Å². The highest BCUT2D eigenvalue weighted by molar-refractivity contribution is 5.84. The summed E-state index contributed by atoms with van der Waals surface area (Å²) in [6, 6.07) is 0. The van der Waals surface area contributed by atoms with Crippen molar-refractivity contribution in [2.45, 2.75) is 117 Å². The number of hydrogen-bond donors (Lipinski definition) is 1. The van der Waals surface area contributed by atoms with Crippen molar-refractivity contribution < 1.29 is 19.4 Å². The van der Waals surface area contributed by atoms with Crippen LogP contribution in [0.1, 0.15) is 99.3 Å². The van der Waals surface area contributed by atoms with Crippen molar-refractivity contribution in [1.82, 2.24) is 0 Å². The van der Waals surface area contributed by atoms with Crippen LogP contribution in [0, 0.1) is 40.4 Å². The zero-order valence-corrected chi connectivity index (χ0v) is 20.6. The second kappa shape index (κ2) is 7.94. The first-order valence-corrected chi connectivity index (χ1v) is 12.8. The molecule has 0 radical (unpaired) electrons. The van der Waals surface area contributed by atoms with E-state index in [9.17, 15) is 14.7 Å². The van der Waals surface area contributed by atoms with Crippen molar-refractivity contribution in [2.75, 3.05) is 0 Å². The molecule has 3 aliphatic carbocycles. The van der Waals surface area contributed by atoms with Gasteiger partial charge in [-0.25, -0.2) is 0 Å². The lowest BCUT2D eigenvalue weighted by atomic mass is 9.43. The topological polar surface area (TPSA) is 63.6 Å². The molecule has 1 N–H and O–H groups in total. The first kappa shape index (κ1) is 23.4. The van der Waals surface area contributed by atoms with Crippen LogP contribution in [0.3, 0.4) is 0 Å². The Morgan fingerprint density at radius 1 is 1.16 bits per heavy atom. The van der Waals surface area contributed by atoms with Crippen LogP contribution in [-0.2, 0) is 14.3 Å². The second-order valence-electron chi connectivity index (χ2n) is 12.6. The normalized spacial score (nSPS) is 47.8. The Balaban J connectivity index is 1.57. The molecule has 1 saturated heterocycles. The average Bonchev–Trinajstić information content (AvgIpc) is 3.33. The lowest BCUT2D eigenvalue weighted by Gasteiger charge is -2.61. The number of rotatable bonds is 5. The number of Topliss-reactive ketones (excluding diaryl/α,β-unsaturated/α-hetero) is 2. The van der Waals surface area contributed by atoms with Crippen LogP contribution in [0.5, 0.6) is 0 Å². The Kier molecular flexibility index (Phi) is 6.00. The van der Waals surface area contributed by atoms with E-state index in [0.29, 0.717) is 42.3 Å². The number of hydrogen-bond acceptors (Lipinski definition) is 4. The molecule has 4 heteroatoms. The Labute approximate surface area is 188 Å². The Hall–Kier alpha value is -0.740. The molecular formula is C27H44O4. The third kappa shape index (κ3) is 3.84. The molecule has 4 rings (SSSR count). The molecule has 4 nitrogen and oxygen atoms in total. The van der Waals surface area contributed by atoms with E-state index in [1.54, 1.807) is 6.92 Å². The van der Waals surface area contributed by atoms with E-state index in [-0.39, 0.29) is 34.7 Å². The summed E-state index contributed by atoms with van der Waals surface area (Å²) in [4.78, 5) is 25.5. The molecule has 31 heavy (non-hydrogen) atoms. The summed E-state index contributed by atoms with van der Waals surface area (Å²) in [5.41, 5.74) is -0.578. The molecule has 0 aromatic heterocycles. The van der Waals surface area contributed by atoms with Crippen LogP contribution in [-0.4, -0.2) is 34.5 Å². The number of ether oxygens (including phenoxy) is 1. The lowest BCUT2D eigenvalue weighted by Crippen LogP contribution is -2.57. The molecule has 0 amide bonds. The van der Waals surface area contributed by atoms with E-state index in [1.807, 2.05) is 13.8 Å². The summed E-state index contributed by atoms with van der Waals surface area (Å²) >= 11 is 0. The van der Waals surface area contributed by atoms with Crippen molar-refractivity contribution >= 4 is 11.6 Å². The SMILES string of the molecule is CC(=O)CCC1(C)C(C)CCC2(C)C3CCC(C4CCC(C(C)(C)O)O4)C3C(=O)CC12. The number of carbonyl (C=O) groups excluding carboxylic acids is 2. The highest BCUT2D eigenvalue weighted by atomic mass is 16.5. The quantitative estimate of drug-likeness (QED) is 0.636. The summed E-state index contributed by atoms with van der Waals surface area (Å²) in [6.45, 7) is 12.5. The van der Waals surface area contributed by atoms with Crippen LogP contribution in [0.25, 0.3) is 0 Å². The van der Waals surface area contributed by atoms with E-state index in [2.05, 4.69) is 20.8 Å². The average molecular weight is 433 g/mol. The van der Waals surface area contributed by atoms with Crippen molar-refractivity contribution in [1.29, 1.82) is 0 Å². The standard InChI is InChI=1S/C27H44O4/c1-16-11-13-27(6)19-8-7-18(21-9-10-23(31-21)25(3,4)30)24(19)20(29)15-22(27)26(16,5)14-12-17(2)28/h16,18-19,21-24,30H,7-15H2,1-6H3. The summed E-state index contributed by atoms with van der Waals surface area (Å²) in [5.74, 6) is 2.52. The molecular weight excluding hydrogens is 388 g/mol. The summed E-state index contributed by atoms with van der Waals surface area (Å²) in [6.07, 6.45) is 8.66. The van der Waals surface area contributed by atoms with Gasteiger partial charge in [-0.05, 0) is 100 Å². The van der Waals surface area contributed by atoms with Crippen LogP contribution in [0.15, 0.2) is 0 Å². The van der Waals surface area contributed by atoms with Gasteiger partial charge in [-0.1, -0.05) is 20.8 Å². The number of ketones is 2. The molecule has 1 heterocycles. The first-order valence-electron chi connectivity index (χ1n) is 12.8. The third-order valence-electron chi connectivity index (χ3n) is 10.5. The molecule has 9 atom stereocenters. The minimum Gasteiger partial charge on any atom is -0.388 e. The van der Waals surface area contributed by atoms with Gasteiger partial charge in [0, 0.05) is 18.8 Å². The van der Waals surface area contributed by atoms with Gasteiger partial charge in [0.05, 0.1) is 17.8 Å². The molecule has 176 valence electrons. The molecule has 0 aromatic rings. The van der Waals surface area contributed by atoms with Gasteiger partial charge in [0.2, 0.25) is 0 Å². The predicted molar refractivity (Wildman–Crippen MR) is 122 cm³/mol. The van der Waals surface area contributed by atoms with E-state index < -0.39 is 5.60 Å². The van der Waals surface area contributed by atoms with Crippen LogP contribution >= 0.6 is 0 Å². The monoisotopic (exact) mass is 432 g/mol. The zero-order valence-electron chi connectivity index (χ0n) is 20.6. The Morgan fingerprint density at radius 3 is 2.48 bits per heavy atom. The second-order valence-corrected chi connectivity index (χ2v) is 12.6. The molecule has 3 saturated carbocycles. The predicted octanol–water partition coefficient (Wildman–Crippen LogP) is 5.35. The Bertz CT molecular complexity index is 723. The van der Waals surface area contributed by atoms with E-state index in [1.165, 1.54) is 12.8 Å². The Morgan fingerprint density at radius 2 is 1.87 bits per heavy atom. The van der Waals surface area contributed by atoms with E-state index >= 15 is 0 Å². The van der Waals surface area contributed by atoms with Crippen molar-refractivity contribution in [2.24, 2.45) is 40.4 Å². The van der Waals surface area contributed by atoms with Gasteiger partial charge in [-0.2, -0.15) is 0 Å². The van der Waals surface area contributed by atoms with Gasteiger partial charge in [0.25, 0.3) is 0 Å². The minimum absolute atomic E-state index is 0.0628. The maximum atomic E-state index is 13.7. The fraction of sp³-hybridized carbons (Fsp3) is 0.926. The van der Waals surface area contributed by atoms with Crippen LogP contribution < -0.4 is 0 Å². The molecule has 1 aliphatic heterocycles. The molecule has 0 aromatic carbocycles. The lowest BCUT2D eigenvalue weighted by molar-refractivity contribution is -0.162. The minimum atomic E-state index is -0.821. The summed E-state index contributed by atoms with van der Waals surface area (Å²) < 4.78 is 6.36. The zero-order chi connectivity index (χ0) is 22.8. The third-order valence-corrected chi connectivity index (χ3v) is 10.5. The molecule has 4 fully saturated rings. The highest BCUT2D eigenvalue weighted by Gasteiger charge is 2.63. The summed E-state index contributed by atoms with van der Waals surface area (Å²) in [7, 11) is 0. The van der Waals surface area contributed by atoms with Crippen LogP contribution in [0.4, 0.5) is 0 Å². The number of fused-ring (bicyclic) bond motifs is 3.